The fourth-order valence-electron chi connectivity index (χ4n) is 2.75. The van der Waals surface area contributed by atoms with Crippen LogP contribution in [0.1, 0.15) is 26.7 Å². The van der Waals surface area contributed by atoms with Gasteiger partial charge in [0.2, 0.25) is 0 Å². The molecule has 1 atom stereocenters. The summed E-state index contributed by atoms with van der Waals surface area (Å²) in [4.78, 5) is 14.1. The standard InChI is InChI=1S/C15H21ClN2O3/c1-15(2,20)12-8-5-9-18(12)14(19)17-11-7-4-6-10(16)13(11)21-3/h4,6-7,12,20H,5,8-9H2,1-3H3,(H,17,19). The predicted molar refractivity (Wildman–Crippen MR) is 83.0 cm³/mol. The van der Waals surface area contributed by atoms with Crippen LogP contribution in [0.4, 0.5) is 10.5 Å². The zero-order chi connectivity index (χ0) is 15.6. The van der Waals surface area contributed by atoms with E-state index in [1.807, 2.05) is 0 Å². The number of aliphatic hydroxyl groups is 1. The number of carbonyl (C=O) groups is 1. The van der Waals surface area contributed by atoms with Gasteiger partial charge in [0.15, 0.2) is 5.75 Å². The number of benzene rings is 1. The predicted octanol–water partition coefficient (Wildman–Crippen LogP) is 3.12. The fraction of sp³-hybridized carbons (Fsp3) is 0.533. The molecule has 1 aliphatic heterocycles. The number of amides is 2. The maximum Gasteiger partial charge on any atom is 0.322 e. The van der Waals surface area contributed by atoms with Crippen LogP contribution < -0.4 is 10.1 Å². The number of ether oxygens (including phenoxy) is 1. The average molecular weight is 313 g/mol. The molecule has 0 radical (unpaired) electrons. The molecule has 0 bridgehead atoms. The van der Waals surface area contributed by atoms with Gasteiger partial charge in [0.05, 0.1) is 29.5 Å². The number of methoxy groups -OCH3 is 1. The number of nitrogens with zero attached hydrogens (tertiary/aromatic N) is 1. The van der Waals surface area contributed by atoms with E-state index in [0.717, 1.165) is 12.8 Å². The van der Waals surface area contributed by atoms with Crippen molar-refractivity contribution in [3.05, 3.63) is 23.2 Å². The second kappa shape index (κ2) is 6.12. The van der Waals surface area contributed by atoms with Crippen molar-refractivity contribution in [2.75, 3.05) is 19.0 Å². The highest BCUT2D eigenvalue weighted by atomic mass is 35.5. The summed E-state index contributed by atoms with van der Waals surface area (Å²) in [7, 11) is 1.51. The summed E-state index contributed by atoms with van der Waals surface area (Å²) < 4.78 is 5.22. The van der Waals surface area contributed by atoms with E-state index in [1.165, 1.54) is 7.11 Å². The SMILES string of the molecule is COc1c(Cl)cccc1NC(=O)N1CCCC1C(C)(C)O. The zero-order valence-electron chi connectivity index (χ0n) is 12.5. The van der Waals surface area contributed by atoms with Crippen molar-refractivity contribution >= 4 is 23.3 Å². The highest BCUT2D eigenvalue weighted by molar-refractivity contribution is 6.32. The van der Waals surface area contributed by atoms with Gasteiger partial charge in [-0.05, 0) is 38.8 Å². The summed E-state index contributed by atoms with van der Waals surface area (Å²) in [5.41, 5.74) is -0.400. The lowest BCUT2D eigenvalue weighted by Crippen LogP contribution is -2.49. The van der Waals surface area contributed by atoms with Crippen LogP contribution in [0.3, 0.4) is 0 Å². The van der Waals surface area contributed by atoms with Gasteiger partial charge in [-0.25, -0.2) is 4.79 Å². The molecule has 116 valence electrons. The van der Waals surface area contributed by atoms with E-state index in [2.05, 4.69) is 5.32 Å². The van der Waals surface area contributed by atoms with Crippen molar-refractivity contribution in [3.63, 3.8) is 0 Å². The van der Waals surface area contributed by atoms with Crippen LogP contribution >= 0.6 is 11.6 Å². The monoisotopic (exact) mass is 312 g/mol. The van der Waals surface area contributed by atoms with Gasteiger partial charge in [-0.1, -0.05) is 17.7 Å². The topological polar surface area (TPSA) is 61.8 Å². The molecule has 0 aromatic heterocycles. The molecule has 2 amide bonds. The van der Waals surface area contributed by atoms with Crippen molar-refractivity contribution in [3.8, 4) is 5.75 Å². The summed E-state index contributed by atoms with van der Waals surface area (Å²) in [5.74, 6) is 0.437. The van der Waals surface area contributed by atoms with Crippen LogP contribution in [0.2, 0.25) is 5.02 Å². The third-order valence-electron chi connectivity index (χ3n) is 3.74. The summed E-state index contributed by atoms with van der Waals surface area (Å²) in [6.07, 6.45) is 1.68. The number of hydrogen-bond donors (Lipinski definition) is 2. The van der Waals surface area contributed by atoms with Gasteiger partial charge < -0.3 is 20.1 Å². The maximum absolute atomic E-state index is 12.5. The molecule has 1 unspecified atom stereocenters. The molecule has 0 saturated carbocycles. The van der Waals surface area contributed by atoms with Crippen LogP contribution in [-0.2, 0) is 0 Å². The summed E-state index contributed by atoms with van der Waals surface area (Å²) in [6.45, 7) is 4.08. The van der Waals surface area contributed by atoms with Crippen LogP contribution in [-0.4, -0.2) is 41.3 Å². The Balaban J connectivity index is 2.17. The molecule has 1 fully saturated rings. The smallest absolute Gasteiger partial charge is 0.322 e. The van der Waals surface area contributed by atoms with Gasteiger partial charge in [0.1, 0.15) is 0 Å². The van der Waals surface area contributed by atoms with Crippen LogP contribution in [0.5, 0.6) is 5.75 Å². The molecule has 1 aromatic carbocycles. The van der Waals surface area contributed by atoms with E-state index in [-0.39, 0.29) is 12.1 Å². The molecule has 1 aromatic rings. The number of urea groups is 1. The molecule has 1 aliphatic rings. The Labute approximate surface area is 129 Å². The number of nitrogens with one attached hydrogen (secondary N) is 1. The Bertz CT molecular complexity index is 528. The number of carbonyl (C=O) groups excluding carboxylic acids is 1. The quantitative estimate of drug-likeness (QED) is 0.901. The Morgan fingerprint density at radius 1 is 1.52 bits per heavy atom. The van der Waals surface area contributed by atoms with E-state index < -0.39 is 5.60 Å². The summed E-state index contributed by atoms with van der Waals surface area (Å²) in [6, 6.07) is 4.74. The molecule has 2 N–H and O–H groups in total. The van der Waals surface area contributed by atoms with Gasteiger partial charge in [0.25, 0.3) is 0 Å². The number of halogens is 1. The van der Waals surface area contributed by atoms with E-state index in [4.69, 9.17) is 16.3 Å². The van der Waals surface area contributed by atoms with E-state index in [0.29, 0.717) is 23.0 Å². The Hall–Kier alpha value is -1.46. The van der Waals surface area contributed by atoms with Crippen molar-refractivity contribution in [1.82, 2.24) is 4.90 Å². The molecular weight excluding hydrogens is 292 g/mol. The second-order valence-corrected chi connectivity index (χ2v) is 6.16. The Morgan fingerprint density at radius 3 is 2.86 bits per heavy atom. The first-order valence-corrected chi connectivity index (χ1v) is 7.35. The normalized spacial score (nSPS) is 18.7. The Morgan fingerprint density at radius 2 is 2.24 bits per heavy atom. The van der Waals surface area contributed by atoms with E-state index >= 15 is 0 Å². The highest BCUT2D eigenvalue weighted by Crippen LogP contribution is 2.33. The van der Waals surface area contributed by atoms with Gasteiger partial charge in [-0.2, -0.15) is 0 Å². The van der Waals surface area contributed by atoms with Crippen molar-refractivity contribution in [2.24, 2.45) is 0 Å². The fourth-order valence-corrected chi connectivity index (χ4v) is 3.00. The third-order valence-corrected chi connectivity index (χ3v) is 4.04. The van der Waals surface area contributed by atoms with Crippen molar-refractivity contribution in [1.29, 1.82) is 0 Å². The number of para-hydroxylation sites is 1. The Kier molecular flexibility index (Phi) is 4.64. The van der Waals surface area contributed by atoms with Gasteiger partial charge in [0, 0.05) is 6.54 Å². The first-order chi connectivity index (χ1) is 9.84. The lowest BCUT2D eigenvalue weighted by molar-refractivity contribution is 0.0117. The van der Waals surface area contributed by atoms with Crippen LogP contribution in [0, 0.1) is 0 Å². The van der Waals surface area contributed by atoms with Crippen molar-refractivity contribution < 1.29 is 14.6 Å². The molecule has 0 aliphatic carbocycles. The first kappa shape index (κ1) is 15.9. The molecule has 6 heteroatoms. The minimum Gasteiger partial charge on any atom is -0.493 e. The largest absolute Gasteiger partial charge is 0.493 e. The first-order valence-electron chi connectivity index (χ1n) is 6.97. The molecule has 1 saturated heterocycles. The molecular formula is C15H21ClN2O3. The maximum atomic E-state index is 12.5. The van der Waals surface area contributed by atoms with E-state index in [9.17, 15) is 9.90 Å². The molecule has 21 heavy (non-hydrogen) atoms. The lowest BCUT2D eigenvalue weighted by atomic mass is 9.97. The summed E-state index contributed by atoms with van der Waals surface area (Å²) >= 11 is 6.04. The molecule has 5 nitrogen and oxygen atoms in total. The average Bonchev–Trinajstić information content (AvgIpc) is 2.88. The number of rotatable bonds is 3. The summed E-state index contributed by atoms with van der Waals surface area (Å²) in [5, 5.41) is 13.4. The van der Waals surface area contributed by atoms with Crippen molar-refractivity contribution in [2.45, 2.75) is 38.3 Å². The van der Waals surface area contributed by atoms with E-state index in [1.54, 1.807) is 36.9 Å². The second-order valence-electron chi connectivity index (χ2n) is 5.76. The number of hydrogen-bond acceptors (Lipinski definition) is 3. The highest BCUT2D eigenvalue weighted by Gasteiger charge is 2.38. The molecule has 0 spiro atoms. The third kappa shape index (κ3) is 3.41. The lowest BCUT2D eigenvalue weighted by Gasteiger charge is -2.33. The van der Waals surface area contributed by atoms with Crippen LogP contribution in [0.15, 0.2) is 18.2 Å². The molecule has 2 rings (SSSR count). The zero-order valence-corrected chi connectivity index (χ0v) is 13.3. The van der Waals surface area contributed by atoms with Gasteiger partial charge in [-0.3, -0.25) is 0 Å². The number of likely N-dealkylation sites (tertiary alicyclic amines) is 1. The minimum absolute atomic E-state index is 0.192. The molecule has 1 heterocycles. The minimum atomic E-state index is -0.924. The number of anilines is 1. The van der Waals surface area contributed by atoms with Gasteiger partial charge >= 0.3 is 6.03 Å². The van der Waals surface area contributed by atoms with Crippen LogP contribution in [0.25, 0.3) is 0 Å². The van der Waals surface area contributed by atoms with Gasteiger partial charge in [-0.15, -0.1) is 0 Å².